The topological polar surface area (TPSA) is 61.7 Å². The Morgan fingerprint density at radius 3 is 2.19 bits per heavy atom. The zero-order valence-electron chi connectivity index (χ0n) is 21.3. The van der Waals surface area contributed by atoms with Gasteiger partial charge in [0.15, 0.2) is 0 Å². The minimum atomic E-state index is -0.00428. The van der Waals surface area contributed by atoms with Crippen LogP contribution in [0.1, 0.15) is 34.3 Å². The second-order valence-electron chi connectivity index (χ2n) is 10.1. The molecular weight excluding hydrogens is 450 g/mol. The number of nitrogens with zero attached hydrogens (tertiary/aromatic N) is 5. The number of likely N-dealkylation sites (N-methyl/N-ethyl adjacent to an activating group) is 1. The van der Waals surface area contributed by atoms with E-state index in [4.69, 9.17) is 5.10 Å². The molecule has 0 bridgehead atoms. The van der Waals surface area contributed by atoms with Gasteiger partial charge in [-0.2, -0.15) is 5.10 Å². The van der Waals surface area contributed by atoms with E-state index in [1.54, 1.807) is 0 Å². The van der Waals surface area contributed by atoms with Gasteiger partial charge in [-0.05, 0) is 32.4 Å². The molecule has 2 amide bonds. The first-order valence-electron chi connectivity index (χ1n) is 12.9. The Labute approximate surface area is 213 Å². The Balaban J connectivity index is 1.31. The average Bonchev–Trinajstić information content (AvgIpc) is 3.33. The van der Waals surface area contributed by atoms with E-state index in [2.05, 4.69) is 43.1 Å². The van der Waals surface area contributed by atoms with Crippen molar-refractivity contribution in [1.82, 2.24) is 24.5 Å². The fourth-order valence-electron chi connectivity index (χ4n) is 5.14. The molecule has 1 aromatic heterocycles. The Bertz CT molecular complexity index is 1190. The maximum atomic E-state index is 13.7. The number of hydrogen-bond acceptors (Lipinski definition) is 4. The first-order chi connectivity index (χ1) is 17.5. The molecule has 0 unspecified atom stereocenters. The lowest BCUT2D eigenvalue weighted by Gasteiger charge is -2.37. The predicted octanol–water partition coefficient (Wildman–Crippen LogP) is 3.53. The summed E-state index contributed by atoms with van der Waals surface area (Å²) in [6.45, 7) is 7.31. The number of carbonyl (C=O) groups excluding carboxylic acids is 2. The largest absolute Gasteiger partial charge is 0.340 e. The highest BCUT2D eigenvalue weighted by Crippen LogP contribution is 2.27. The molecule has 3 heterocycles. The second-order valence-corrected chi connectivity index (χ2v) is 10.1. The fraction of sp³-hybridized carbons (Fsp3) is 0.414. The number of piperazine rings is 1. The van der Waals surface area contributed by atoms with Gasteiger partial charge >= 0.3 is 0 Å². The average molecular weight is 486 g/mol. The lowest BCUT2D eigenvalue weighted by atomic mass is 9.94. The van der Waals surface area contributed by atoms with Crippen molar-refractivity contribution in [2.45, 2.75) is 26.3 Å². The third-order valence-corrected chi connectivity index (χ3v) is 7.45. The molecule has 5 rings (SSSR count). The van der Waals surface area contributed by atoms with Gasteiger partial charge in [-0.1, -0.05) is 60.2 Å². The first-order valence-corrected chi connectivity index (χ1v) is 12.9. The van der Waals surface area contributed by atoms with Crippen molar-refractivity contribution >= 4 is 11.8 Å². The maximum Gasteiger partial charge on any atom is 0.257 e. The van der Waals surface area contributed by atoms with E-state index in [1.807, 2.05) is 51.0 Å². The molecule has 36 heavy (non-hydrogen) atoms. The van der Waals surface area contributed by atoms with Crippen molar-refractivity contribution in [1.29, 1.82) is 0 Å². The molecule has 2 aliphatic rings. The third-order valence-electron chi connectivity index (χ3n) is 7.45. The van der Waals surface area contributed by atoms with Gasteiger partial charge in [0.1, 0.15) is 5.69 Å². The Morgan fingerprint density at radius 2 is 1.53 bits per heavy atom. The maximum absolute atomic E-state index is 13.7. The van der Waals surface area contributed by atoms with Crippen LogP contribution in [0.5, 0.6) is 0 Å². The smallest absolute Gasteiger partial charge is 0.257 e. The van der Waals surface area contributed by atoms with E-state index < -0.39 is 0 Å². The number of hydrogen-bond donors (Lipinski definition) is 0. The van der Waals surface area contributed by atoms with E-state index in [9.17, 15) is 9.59 Å². The van der Waals surface area contributed by atoms with Crippen LogP contribution in [-0.4, -0.2) is 82.6 Å². The molecule has 0 N–H and O–H groups in total. The summed E-state index contributed by atoms with van der Waals surface area (Å²) in [7, 11) is 2.10. The van der Waals surface area contributed by atoms with E-state index in [0.717, 1.165) is 50.1 Å². The number of amides is 2. The van der Waals surface area contributed by atoms with Crippen LogP contribution in [0.3, 0.4) is 0 Å². The van der Waals surface area contributed by atoms with Crippen molar-refractivity contribution in [2.24, 2.45) is 5.92 Å². The SMILES string of the molecule is Cc1ccc(-c2nn(Cc3ccccc3)cc2C(=O)N2CCC(C(=O)N3CCN(C)CC3)CC2)cc1. The Kier molecular flexibility index (Phi) is 7.18. The molecule has 7 nitrogen and oxygen atoms in total. The first kappa shape index (κ1) is 24.3. The molecule has 2 aromatic carbocycles. The lowest BCUT2D eigenvalue weighted by molar-refractivity contribution is -0.138. The van der Waals surface area contributed by atoms with Crippen LogP contribution in [0.15, 0.2) is 60.8 Å². The van der Waals surface area contributed by atoms with E-state index in [-0.39, 0.29) is 17.7 Å². The van der Waals surface area contributed by atoms with Gasteiger partial charge in [-0.25, -0.2) is 0 Å². The summed E-state index contributed by atoms with van der Waals surface area (Å²) in [5, 5.41) is 4.84. The molecule has 7 heteroatoms. The van der Waals surface area contributed by atoms with Gasteiger partial charge in [-0.3, -0.25) is 14.3 Å². The molecule has 2 fully saturated rings. The van der Waals surface area contributed by atoms with E-state index >= 15 is 0 Å². The second kappa shape index (κ2) is 10.7. The minimum absolute atomic E-state index is 0.00428. The van der Waals surface area contributed by atoms with Crippen molar-refractivity contribution in [3.05, 3.63) is 77.5 Å². The number of likely N-dealkylation sites (tertiary alicyclic amines) is 1. The molecule has 3 aromatic rings. The Hall–Kier alpha value is -3.45. The van der Waals surface area contributed by atoms with Gasteiger partial charge in [0.2, 0.25) is 5.91 Å². The van der Waals surface area contributed by atoms with Gasteiger partial charge in [-0.15, -0.1) is 0 Å². The molecule has 188 valence electrons. The summed E-state index contributed by atoms with van der Waals surface area (Å²) in [5.41, 5.74) is 4.58. The molecular formula is C29H35N5O2. The highest BCUT2D eigenvalue weighted by atomic mass is 16.2. The predicted molar refractivity (Wildman–Crippen MR) is 141 cm³/mol. The molecule has 0 spiro atoms. The summed E-state index contributed by atoms with van der Waals surface area (Å²) in [6, 6.07) is 18.3. The number of benzene rings is 2. The standard InChI is InChI=1S/C29H35N5O2/c1-22-8-10-24(11-9-22)27-26(21-34(30-27)20-23-6-4-3-5-7-23)29(36)32-14-12-25(13-15-32)28(35)33-18-16-31(2)17-19-33/h3-11,21,25H,12-20H2,1-2H3. The van der Waals surface area contributed by atoms with Crippen LogP contribution < -0.4 is 0 Å². The summed E-state index contributed by atoms with van der Waals surface area (Å²) < 4.78 is 1.86. The number of aromatic nitrogens is 2. The van der Waals surface area contributed by atoms with Crippen LogP contribution in [0.4, 0.5) is 0 Å². The fourth-order valence-corrected chi connectivity index (χ4v) is 5.14. The molecule has 0 atom stereocenters. The van der Waals surface area contributed by atoms with Crippen LogP contribution in [0, 0.1) is 12.8 Å². The third kappa shape index (κ3) is 5.36. The zero-order valence-corrected chi connectivity index (χ0v) is 21.3. The highest BCUT2D eigenvalue weighted by molar-refractivity contribution is 6.00. The number of piperidine rings is 1. The van der Waals surface area contributed by atoms with Crippen LogP contribution >= 0.6 is 0 Å². The van der Waals surface area contributed by atoms with Gasteiger partial charge < -0.3 is 14.7 Å². The van der Waals surface area contributed by atoms with Crippen LogP contribution in [0.2, 0.25) is 0 Å². The van der Waals surface area contributed by atoms with E-state index in [0.29, 0.717) is 30.9 Å². The number of aryl methyl sites for hydroxylation is 1. The molecule has 0 saturated carbocycles. The quantitative estimate of drug-likeness (QED) is 0.555. The summed E-state index contributed by atoms with van der Waals surface area (Å²) in [5.74, 6) is 0.261. The highest BCUT2D eigenvalue weighted by Gasteiger charge is 2.32. The molecule has 0 aliphatic carbocycles. The van der Waals surface area contributed by atoms with Crippen molar-refractivity contribution in [3.63, 3.8) is 0 Å². The van der Waals surface area contributed by atoms with Crippen molar-refractivity contribution < 1.29 is 9.59 Å². The number of carbonyl (C=O) groups is 2. The van der Waals surface area contributed by atoms with Crippen molar-refractivity contribution in [3.8, 4) is 11.3 Å². The van der Waals surface area contributed by atoms with Crippen LogP contribution in [0.25, 0.3) is 11.3 Å². The normalized spacial score (nSPS) is 17.4. The number of rotatable bonds is 5. The van der Waals surface area contributed by atoms with Crippen LogP contribution in [-0.2, 0) is 11.3 Å². The molecule has 0 radical (unpaired) electrons. The molecule has 2 saturated heterocycles. The summed E-state index contributed by atoms with van der Waals surface area (Å²) in [4.78, 5) is 32.9. The molecule has 2 aliphatic heterocycles. The summed E-state index contributed by atoms with van der Waals surface area (Å²) >= 11 is 0. The lowest BCUT2D eigenvalue weighted by Crippen LogP contribution is -2.51. The van der Waals surface area contributed by atoms with Gasteiger partial charge in [0.05, 0.1) is 12.1 Å². The minimum Gasteiger partial charge on any atom is -0.340 e. The van der Waals surface area contributed by atoms with E-state index in [1.165, 1.54) is 5.56 Å². The summed E-state index contributed by atoms with van der Waals surface area (Å²) in [6.07, 6.45) is 3.32. The van der Waals surface area contributed by atoms with Gasteiger partial charge in [0.25, 0.3) is 5.91 Å². The van der Waals surface area contributed by atoms with Crippen molar-refractivity contribution in [2.75, 3.05) is 46.3 Å². The monoisotopic (exact) mass is 485 g/mol. The Morgan fingerprint density at radius 1 is 0.861 bits per heavy atom. The van der Waals surface area contributed by atoms with Gasteiger partial charge in [0, 0.05) is 56.9 Å². The zero-order chi connectivity index (χ0) is 25.1.